The van der Waals surface area contributed by atoms with Crippen LogP contribution < -0.4 is 0 Å². The van der Waals surface area contributed by atoms with Crippen molar-refractivity contribution in [1.29, 1.82) is 10.5 Å². The van der Waals surface area contributed by atoms with Gasteiger partial charge in [-0.25, -0.2) is 0 Å². The van der Waals surface area contributed by atoms with Crippen LogP contribution in [0.25, 0.3) is 0 Å². The summed E-state index contributed by atoms with van der Waals surface area (Å²) in [5.74, 6) is -0.225. The van der Waals surface area contributed by atoms with Gasteiger partial charge in [0.1, 0.15) is 6.07 Å². The van der Waals surface area contributed by atoms with Crippen LogP contribution in [0.1, 0.15) is 107 Å². The molecular weight excluding hydrogens is 444 g/mol. The Bertz CT molecular complexity index is 1080. The largest absolute Gasteiger partial charge is 0.295 e. The lowest BCUT2D eigenvalue weighted by Crippen LogP contribution is -2.58. The molecule has 0 spiro atoms. The first-order valence-corrected chi connectivity index (χ1v) is 13.9. The summed E-state index contributed by atoms with van der Waals surface area (Å²) < 4.78 is 0. The van der Waals surface area contributed by atoms with Gasteiger partial charge in [0.15, 0.2) is 11.6 Å². The number of carbonyl (C=O) groups excluding carboxylic acids is 2. The molecule has 0 aliphatic heterocycles. The van der Waals surface area contributed by atoms with Crippen LogP contribution in [0.3, 0.4) is 0 Å². The lowest BCUT2D eigenvalue weighted by Gasteiger charge is -2.63. The second-order valence-electron chi connectivity index (χ2n) is 13.9. The maximum Gasteiger partial charge on any atom is 0.176 e. The zero-order valence-electron chi connectivity index (χ0n) is 24.0. The molecule has 1 unspecified atom stereocenters. The van der Waals surface area contributed by atoms with Gasteiger partial charge >= 0.3 is 0 Å². The number of ketones is 2. The van der Waals surface area contributed by atoms with Crippen molar-refractivity contribution in [1.82, 2.24) is 0 Å². The van der Waals surface area contributed by atoms with Gasteiger partial charge in [-0.05, 0) is 73.7 Å². The molecule has 3 rings (SSSR count). The van der Waals surface area contributed by atoms with Crippen molar-refractivity contribution >= 4 is 11.6 Å². The van der Waals surface area contributed by atoms with Crippen LogP contribution in [0, 0.1) is 67.5 Å². The Hall–Kier alpha value is -2.20. The van der Waals surface area contributed by atoms with Crippen LogP contribution in [0.15, 0.2) is 23.3 Å². The number of allylic oxidation sites excluding steroid dienone is 4. The lowest BCUT2D eigenvalue weighted by atomic mass is 9.40. The molecule has 0 bridgehead atoms. The summed E-state index contributed by atoms with van der Waals surface area (Å²) in [6, 6.07) is 4.77. The van der Waals surface area contributed by atoms with E-state index >= 15 is 0 Å². The molecule has 0 heterocycles. The first-order chi connectivity index (χ1) is 16.5. The van der Waals surface area contributed by atoms with Gasteiger partial charge in [-0.2, -0.15) is 10.5 Å². The number of nitrogens with zero attached hydrogens (tertiary/aromatic N) is 2. The minimum atomic E-state index is -0.494. The molecule has 36 heavy (non-hydrogen) atoms. The minimum Gasteiger partial charge on any atom is -0.295 e. The zero-order chi connectivity index (χ0) is 27.3. The van der Waals surface area contributed by atoms with Gasteiger partial charge in [0.2, 0.25) is 0 Å². The summed E-state index contributed by atoms with van der Waals surface area (Å²) in [6.45, 7) is 19.5. The second kappa shape index (κ2) is 9.28. The number of fused-ring (bicyclic) bond motifs is 3. The maximum atomic E-state index is 13.5. The van der Waals surface area contributed by atoms with E-state index in [1.807, 2.05) is 19.1 Å². The van der Waals surface area contributed by atoms with Gasteiger partial charge in [0.05, 0.1) is 17.1 Å². The molecule has 0 amide bonds. The molecule has 7 atom stereocenters. The average Bonchev–Trinajstić information content (AvgIpc) is 2.84. The van der Waals surface area contributed by atoms with Crippen LogP contribution >= 0.6 is 0 Å². The summed E-state index contributed by atoms with van der Waals surface area (Å²) >= 11 is 0. The summed E-state index contributed by atoms with van der Waals surface area (Å²) in [5, 5.41) is 19.9. The fourth-order valence-corrected chi connectivity index (χ4v) is 7.54. The highest BCUT2D eigenvalue weighted by molar-refractivity contribution is 6.02. The number of Topliss-reactive ketones (excluding diaryl/α,β-unsaturated/α-hetero) is 1. The molecule has 3 aliphatic carbocycles. The van der Waals surface area contributed by atoms with Gasteiger partial charge in [-0.15, -0.1) is 0 Å². The summed E-state index contributed by atoms with van der Waals surface area (Å²) in [7, 11) is 0. The highest BCUT2D eigenvalue weighted by Crippen LogP contribution is 2.68. The van der Waals surface area contributed by atoms with E-state index in [2.05, 4.69) is 67.5 Å². The average molecular weight is 491 g/mol. The fourth-order valence-electron chi connectivity index (χ4n) is 7.54. The van der Waals surface area contributed by atoms with Crippen molar-refractivity contribution < 1.29 is 9.59 Å². The van der Waals surface area contributed by atoms with E-state index in [-0.39, 0.29) is 51.1 Å². The van der Waals surface area contributed by atoms with Gasteiger partial charge in [0.25, 0.3) is 0 Å². The Morgan fingerprint density at radius 2 is 1.69 bits per heavy atom. The topological polar surface area (TPSA) is 81.7 Å². The van der Waals surface area contributed by atoms with Crippen LogP contribution in [0.4, 0.5) is 0 Å². The molecule has 0 N–H and O–H groups in total. The van der Waals surface area contributed by atoms with Crippen molar-refractivity contribution in [2.75, 3.05) is 0 Å². The van der Waals surface area contributed by atoms with Crippen molar-refractivity contribution in [3.05, 3.63) is 23.3 Å². The van der Waals surface area contributed by atoms with Crippen LogP contribution in [0.5, 0.6) is 0 Å². The molecule has 0 aromatic heterocycles. The Morgan fingerprint density at radius 3 is 2.25 bits per heavy atom. The number of carbonyl (C=O) groups is 2. The molecule has 4 nitrogen and oxygen atoms in total. The van der Waals surface area contributed by atoms with Crippen molar-refractivity contribution in [2.24, 2.45) is 44.8 Å². The summed E-state index contributed by atoms with van der Waals surface area (Å²) in [6.07, 6.45) is 10.0. The lowest BCUT2D eigenvalue weighted by molar-refractivity contribution is -0.132. The summed E-state index contributed by atoms with van der Waals surface area (Å²) in [5.41, 5.74) is 0.0471. The van der Waals surface area contributed by atoms with E-state index in [1.54, 1.807) is 0 Å². The smallest absolute Gasteiger partial charge is 0.176 e. The Kier molecular flexibility index (Phi) is 7.31. The van der Waals surface area contributed by atoms with Gasteiger partial charge in [0, 0.05) is 17.3 Å². The van der Waals surface area contributed by atoms with Crippen LogP contribution in [0.2, 0.25) is 0 Å². The molecule has 4 heteroatoms. The van der Waals surface area contributed by atoms with E-state index in [0.717, 1.165) is 50.5 Å². The maximum absolute atomic E-state index is 13.5. The zero-order valence-corrected chi connectivity index (χ0v) is 24.0. The number of rotatable bonds is 7. The van der Waals surface area contributed by atoms with E-state index < -0.39 is 10.8 Å². The Balaban J connectivity index is 2.01. The third-order valence-electron chi connectivity index (χ3n) is 11.5. The van der Waals surface area contributed by atoms with E-state index in [9.17, 15) is 20.1 Å². The number of hydrogen-bond acceptors (Lipinski definition) is 4. The van der Waals surface area contributed by atoms with Gasteiger partial charge < -0.3 is 0 Å². The SMILES string of the molecule is CCC(C)(C)CC[C@](C)(C#N)CC[C@]1(C)C(C)C(=O)C=C2[C@@]3(C)C=C(C#N)C(=O)[C@@H](C)[C@@H]3CC[C@]21C. The standard InChI is InChI=1S/C32H46N2O2/c1-10-28(4,5)13-14-29(6,20-34)15-16-31(8)22(3)25(35)17-26-30(7)18-23(19-33)27(36)21(2)24(30)11-12-32(26,31)9/h17-18,21-22,24H,10-16H2,1-9H3/t21-,22?,24-,29-,30-,31+,32+/m0/s1. The second-order valence-corrected chi connectivity index (χ2v) is 13.9. The molecule has 0 aromatic carbocycles. The Labute approximate surface area is 219 Å². The Morgan fingerprint density at radius 1 is 1.06 bits per heavy atom. The quantitative estimate of drug-likeness (QED) is 0.365. The third-order valence-corrected chi connectivity index (χ3v) is 11.5. The third kappa shape index (κ3) is 4.30. The predicted octanol–water partition coefficient (Wildman–Crippen LogP) is 7.76. The summed E-state index contributed by atoms with van der Waals surface area (Å²) in [4.78, 5) is 26.3. The fraction of sp³-hybridized carbons (Fsp3) is 0.750. The molecule has 196 valence electrons. The first kappa shape index (κ1) is 28.4. The minimum absolute atomic E-state index is 0.0674. The van der Waals surface area contributed by atoms with Gasteiger partial charge in [-0.1, -0.05) is 73.5 Å². The van der Waals surface area contributed by atoms with Crippen LogP contribution in [-0.4, -0.2) is 11.6 Å². The molecule has 3 aliphatic rings. The van der Waals surface area contributed by atoms with Crippen molar-refractivity contribution in [2.45, 2.75) is 107 Å². The molecule has 0 saturated heterocycles. The number of hydrogen-bond donors (Lipinski definition) is 0. The first-order valence-electron chi connectivity index (χ1n) is 13.9. The van der Waals surface area contributed by atoms with E-state index in [4.69, 9.17) is 0 Å². The molecule has 0 aromatic rings. The van der Waals surface area contributed by atoms with Gasteiger partial charge in [-0.3, -0.25) is 9.59 Å². The highest BCUT2D eigenvalue weighted by Gasteiger charge is 2.62. The van der Waals surface area contributed by atoms with E-state index in [1.165, 1.54) is 0 Å². The molecule has 1 saturated carbocycles. The van der Waals surface area contributed by atoms with Crippen molar-refractivity contribution in [3.8, 4) is 12.1 Å². The molecule has 0 radical (unpaired) electrons. The van der Waals surface area contributed by atoms with Crippen molar-refractivity contribution in [3.63, 3.8) is 0 Å². The molecule has 1 fully saturated rings. The normalized spacial score (nSPS) is 38.0. The van der Waals surface area contributed by atoms with E-state index in [0.29, 0.717) is 0 Å². The molecular formula is C32H46N2O2. The highest BCUT2D eigenvalue weighted by atomic mass is 16.1. The van der Waals surface area contributed by atoms with Crippen LogP contribution in [-0.2, 0) is 9.59 Å². The predicted molar refractivity (Wildman–Crippen MR) is 143 cm³/mol. The number of nitriles is 2. The monoisotopic (exact) mass is 490 g/mol.